The van der Waals surface area contributed by atoms with Gasteiger partial charge < -0.3 is 15.4 Å². The lowest BCUT2D eigenvalue weighted by atomic mass is 10.2. The average molecular weight is 304 g/mol. The molecule has 0 aliphatic heterocycles. The maximum Gasteiger partial charge on any atom is 0.335 e. The number of nitrogens with one attached hydrogen (secondary N) is 2. The molecule has 0 fully saturated rings. The summed E-state index contributed by atoms with van der Waals surface area (Å²) >= 11 is 0. The van der Waals surface area contributed by atoms with Crippen molar-refractivity contribution in [3.05, 3.63) is 66.1 Å². The van der Waals surface area contributed by atoms with Gasteiger partial charge in [0.2, 0.25) is 0 Å². The molecule has 23 heavy (non-hydrogen) atoms. The molecule has 0 aliphatic carbocycles. The van der Waals surface area contributed by atoms with Gasteiger partial charge in [0.15, 0.2) is 5.82 Å². The number of hydrogen-bond acceptors (Lipinski definition) is 4. The Morgan fingerprint density at radius 2 is 1.96 bits per heavy atom. The van der Waals surface area contributed by atoms with Crippen molar-refractivity contribution in [1.82, 2.24) is 9.97 Å². The molecular weight excluding hydrogens is 292 g/mol. The van der Waals surface area contributed by atoms with Crippen LogP contribution < -0.4 is 5.32 Å². The summed E-state index contributed by atoms with van der Waals surface area (Å²) < 4.78 is 0. The summed E-state index contributed by atoms with van der Waals surface area (Å²) in [5.74, 6) is -0.504. The molecule has 0 radical (unpaired) electrons. The molecule has 0 saturated carbocycles. The molecule has 0 spiro atoms. The first-order valence-corrected chi connectivity index (χ1v) is 6.82. The number of carbonyl (C=O) groups is 1. The zero-order valence-electron chi connectivity index (χ0n) is 11.9. The number of nitrogens with zero attached hydrogens (tertiary/aromatic N) is 2. The Balaban J connectivity index is 1.84. The number of carboxylic acid groups (broad SMARTS) is 1. The number of imidazole rings is 1. The minimum Gasteiger partial charge on any atom is -0.478 e. The Hall–Kier alpha value is -3.59. The number of anilines is 1. The number of aromatic nitrogens is 2. The van der Waals surface area contributed by atoms with Gasteiger partial charge in [-0.15, -0.1) is 0 Å². The highest BCUT2D eigenvalue weighted by atomic mass is 16.4. The summed E-state index contributed by atoms with van der Waals surface area (Å²) in [7, 11) is 0. The molecule has 0 saturated heterocycles. The highest BCUT2D eigenvalue weighted by Gasteiger charge is 2.07. The first-order chi connectivity index (χ1) is 11.2. The van der Waals surface area contributed by atoms with Crippen LogP contribution in [0.15, 0.2) is 54.7 Å². The van der Waals surface area contributed by atoms with Crippen LogP contribution in [0.4, 0.5) is 5.69 Å². The number of para-hydroxylation sites is 2. The van der Waals surface area contributed by atoms with Gasteiger partial charge in [-0.3, -0.25) is 0 Å². The monoisotopic (exact) mass is 304 g/mol. The minimum atomic E-state index is -0.980. The lowest BCUT2D eigenvalue weighted by Gasteiger charge is -2.02. The van der Waals surface area contributed by atoms with Crippen molar-refractivity contribution in [3.63, 3.8) is 0 Å². The van der Waals surface area contributed by atoms with Gasteiger partial charge in [-0.05, 0) is 36.4 Å². The third kappa shape index (κ3) is 3.04. The normalized spacial score (nSPS) is 11.2. The van der Waals surface area contributed by atoms with Crippen molar-refractivity contribution in [2.75, 3.05) is 5.32 Å². The van der Waals surface area contributed by atoms with Crippen LogP contribution in [-0.4, -0.2) is 21.0 Å². The lowest BCUT2D eigenvalue weighted by Crippen LogP contribution is -1.97. The van der Waals surface area contributed by atoms with Crippen LogP contribution in [0.25, 0.3) is 16.6 Å². The van der Waals surface area contributed by atoms with Gasteiger partial charge in [0.25, 0.3) is 0 Å². The van der Waals surface area contributed by atoms with Crippen molar-refractivity contribution in [1.29, 1.82) is 5.26 Å². The number of H-pyrrole nitrogens is 1. The first kappa shape index (κ1) is 14.4. The van der Waals surface area contributed by atoms with Crippen molar-refractivity contribution < 1.29 is 9.90 Å². The van der Waals surface area contributed by atoms with Gasteiger partial charge in [0.05, 0.1) is 16.6 Å². The number of carboxylic acids is 1. The summed E-state index contributed by atoms with van der Waals surface area (Å²) in [4.78, 5) is 18.3. The molecule has 3 rings (SSSR count). The van der Waals surface area contributed by atoms with E-state index in [4.69, 9.17) is 5.11 Å². The first-order valence-electron chi connectivity index (χ1n) is 6.82. The minimum absolute atomic E-state index is 0.206. The number of hydrogen-bond donors (Lipinski definition) is 3. The van der Waals surface area contributed by atoms with E-state index in [2.05, 4.69) is 21.4 Å². The summed E-state index contributed by atoms with van der Waals surface area (Å²) in [6, 6.07) is 15.9. The maximum atomic E-state index is 10.8. The molecule has 112 valence electrons. The SMILES string of the molecule is N#CC(=CNc1ccc(C(=O)O)cc1)c1nc2ccccc2[nH]1. The third-order valence-electron chi connectivity index (χ3n) is 3.28. The second kappa shape index (κ2) is 6.03. The van der Waals surface area contributed by atoms with Crippen molar-refractivity contribution in [2.24, 2.45) is 0 Å². The van der Waals surface area contributed by atoms with E-state index >= 15 is 0 Å². The Labute approximate surface area is 131 Å². The zero-order chi connectivity index (χ0) is 16.2. The number of aromatic carboxylic acids is 1. The molecular formula is C17H12N4O2. The summed E-state index contributed by atoms with van der Waals surface area (Å²) in [5, 5.41) is 21.1. The molecule has 0 bridgehead atoms. The molecule has 0 amide bonds. The van der Waals surface area contributed by atoms with E-state index in [1.165, 1.54) is 18.3 Å². The Bertz CT molecular complexity index is 900. The smallest absolute Gasteiger partial charge is 0.335 e. The van der Waals surface area contributed by atoms with Crippen LogP contribution in [0.1, 0.15) is 16.2 Å². The standard InChI is InChI=1S/C17H12N4O2/c18-9-12(16-20-14-3-1-2-4-15(14)21-16)10-19-13-7-5-11(6-8-13)17(22)23/h1-8,10,19H,(H,20,21)(H,22,23). The van der Waals surface area contributed by atoms with E-state index in [9.17, 15) is 10.1 Å². The zero-order valence-corrected chi connectivity index (χ0v) is 11.9. The molecule has 3 aromatic rings. The van der Waals surface area contributed by atoms with Crippen LogP contribution in [-0.2, 0) is 0 Å². The van der Waals surface area contributed by atoms with Crippen LogP contribution >= 0.6 is 0 Å². The summed E-state index contributed by atoms with van der Waals surface area (Å²) in [6.45, 7) is 0. The number of benzene rings is 2. The number of rotatable bonds is 4. The topological polar surface area (TPSA) is 102 Å². The van der Waals surface area contributed by atoms with Gasteiger partial charge in [0, 0.05) is 11.9 Å². The fourth-order valence-electron chi connectivity index (χ4n) is 2.10. The predicted octanol–water partition coefficient (Wildman–Crippen LogP) is 3.24. The van der Waals surface area contributed by atoms with Gasteiger partial charge in [-0.2, -0.15) is 5.26 Å². The second-order valence-electron chi connectivity index (χ2n) is 4.80. The van der Waals surface area contributed by atoms with E-state index in [1.807, 2.05) is 24.3 Å². The molecule has 0 atom stereocenters. The average Bonchev–Trinajstić information content (AvgIpc) is 2.99. The van der Waals surface area contributed by atoms with E-state index in [-0.39, 0.29) is 5.56 Å². The Morgan fingerprint density at radius 3 is 2.61 bits per heavy atom. The quantitative estimate of drug-likeness (QED) is 0.642. The largest absolute Gasteiger partial charge is 0.478 e. The maximum absolute atomic E-state index is 10.8. The number of fused-ring (bicyclic) bond motifs is 1. The summed E-state index contributed by atoms with van der Waals surface area (Å²) in [5.41, 5.74) is 2.88. The lowest BCUT2D eigenvalue weighted by molar-refractivity contribution is 0.0697. The van der Waals surface area contributed by atoms with Crippen LogP contribution in [0.2, 0.25) is 0 Å². The fourth-order valence-corrected chi connectivity index (χ4v) is 2.10. The van der Waals surface area contributed by atoms with Crippen molar-refractivity contribution in [3.8, 4) is 6.07 Å². The predicted molar refractivity (Wildman–Crippen MR) is 86.7 cm³/mol. The molecule has 1 aromatic heterocycles. The number of nitriles is 1. The number of allylic oxidation sites excluding steroid dienone is 1. The van der Waals surface area contributed by atoms with Crippen LogP contribution in [0.3, 0.4) is 0 Å². The third-order valence-corrected chi connectivity index (χ3v) is 3.28. The van der Waals surface area contributed by atoms with E-state index in [0.29, 0.717) is 17.1 Å². The Kier molecular flexibility index (Phi) is 3.77. The molecule has 2 aromatic carbocycles. The van der Waals surface area contributed by atoms with Crippen LogP contribution in [0, 0.1) is 11.3 Å². The van der Waals surface area contributed by atoms with Crippen molar-refractivity contribution >= 4 is 28.3 Å². The summed E-state index contributed by atoms with van der Waals surface area (Å²) in [6.07, 6.45) is 1.54. The molecule has 1 heterocycles. The highest BCUT2D eigenvalue weighted by molar-refractivity contribution is 5.88. The molecule has 0 unspecified atom stereocenters. The second-order valence-corrected chi connectivity index (χ2v) is 4.80. The van der Waals surface area contributed by atoms with E-state index in [0.717, 1.165) is 11.0 Å². The van der Waals surface area contributed by atoms with Gasteiger partial charge in [-0.1, -0.05) is 12.1 Å². The van der Waals surface area contributed by atoms with Gasteiger partial charge in [0.1, 0.15) is 11.6 Å². The highest BCUT2D eigenvalue weighted by Crippen LogP contribution is 2.17. The van der Waals surface area contributed by atoms with Gasteiger partial charge >= 0.3 is 5.97 Å². The Morgan fingerprint density at radius 1 is 1.22 bits per heavy atom. The molecule has 0 aliphatic rings. The van der Waals surface area contributed by atoms with Gasteiger partial charge in [-0.25, -0.2) is 9.78 Å². The van der Waals surface area contributed by atoms with E-state index < -0.39 is 5.97 Å². The molecule has 6 nitrogen and oxygen atoms in total. The van der Waals surface area contributed by atoms with Crippen LogP contribution in [0.5, 0.6) is 0 Å². The molecule has 6 heteroatoms. The van der Waals surface area contributed by atoms with E-state index in [1.54, 1.807) is 12.1 Å². The fraction of sp³-hybridized carbons (Fsp3) is 0. The van der Waals surface area contributed by atoms with Crippen molar-refractivity contribution in [2.45, 2.75) is 0 Å². The molecule has 3 N–H and O–H groups in total. The number of aromatic amines is 1.